The Morgan fingerprint density at radius 3 is 2.85 bits per heavy atom. The fourth-order valence-electron chi connectivity index (χ4n) is 3.16. The topological polar surface area (TPSA) is 116 Å². The summed E-state index contributed by atoms with van der Waals surface area (Å²) < 4.78 is 5.81. The van der Waals surface area contributed by atoms with E-state index in [1.165, 1.54) is 0 Å². The highest BCUT2D eigenvalue weighted by atomic mass is 16.5. The van der Waals surface area contributed by atoms with E-state index in [1.807, 2.05) is 12.1 Å². The standard InChI is InChI=1S/C18H23N7O/c1-18(20)4-7-25(8-5-18)14-10-22-15-13(24-14)9-23-17(15)26-11-12-3-2-6-21-16(12)19/h2-3,6,10H,4-5,7-9,11,20H2,1H3,(H2,19,21). The fraction of sp³-hybridized carbons (Fsp3) is 0.444. The second kappa shape index (κ2) is 6.53. The molecule has 0 atom stereocenters. The predicted molar refractivity (Wildman–Crippen MR) is 99.8 cm³/mol. The number of hydrogen-bond acceptors (Lipinski definition) is 8. The number of nitrogens with two attached hydrogens (primary N) is 2. The molecule has 0 aliphatic carbocycles. The van der Waals surface area contributed by atoms with Gasteiger partial charge in [-0.05, 0) is 25.8 Å². The van der Waals surface area contributed by atoms with Gasteiger partial charge in [-0.25, -0.2) is 19.9 Å². The van der Waals surface area contributed by atoms with Gasteiger partial charge in [0.05, 0.1) is 18.4 Å². The van der Waals surface area contributed by atoms with Gasteiger partial charge in [0.25, 0.3) is 0 Å². The molecule has 4 rings (SSSR count). The summed E-state index contributed by atoms with van der Waals surface area (Å²) in [5, 5.41) is 0. The van der Waals surface area contributed by atoms with Crippen molar-refractivity contribution in [3.63, 3.8) is 0 Å². The molecular formula is C18H23N7O. The van der Waals surface area contributed by atoms with Gasteiger partial charge in [0.15, 0.2) is 0 Å². The van der Waals surface area contributed by atoms with E-state index in [0.29, 0.717) is 30.6 Å². The van der Waals surface area contributed by atoms with Crippen LogP contribution in [0.3, 0.4) is 0 Å². The van der Waals surface area contributed by atoms with Crippen LogP contribution < -0.4 is 16.4 Å². The van der Waals surface area contributed by atoms with Crippen LogP contribution in [0.4, 0.5) is 11.6 Å². The van der Waals surface area contributed by atoms with Crippen LogP contribution in [0.1, 0.15) is 36.7 Å². The molecule has 0 unspecified atom stereocenters. The van der Waals surface area contributed by atoms with E-state index < -0.39 is 0 Å². The van der Waals surface area contributed by atoms with Gasteiger partial charge in [-0.3, -0.25) is 0 Å². The highest BCUT2D eigenvalue weighted by molar-refractivity contribution is 5.95. The molecule has 2 aliphatic rings. The minimum Gasteiger partial charge on any atom is -0.471 e. The Labute approximate surface area is 152 Å². The number of pyridine rings is 1. The van der Waals surface area contributed by atoms with Crippen LogP contribution in [-0.4, -0.2) is 39.5 Å². The van der Waals surface area contributed by atoms with Crippen molar-refractivity contribution in [2.45, 2.75) is 38.5 Å². The number of hydrogen-bond donors (Lipinski definition) is 2. The molecule has 0 bridgehead atoms. The molecule has 4 heterocycles. The van der Waals surface area contributed by atoms with Crippen molar-refractivity contribution in [3.8, 4) is 0 Å². The Morgan fingerprint density at radius 2 is 2.08 bits per heavy atom. The van der Waals surface area contributed by atoms with Gasteiger partial charge in [-0.15, -0.1) is 0 Å². The third-order valence-electron chi connectivity index (χ3n) is 4.93. The maximum Gasteiger partial charge on any atom is 0.238 e. The van der Waals surface area contributed by atoms with Gasteiger partial charge in [0.1, 0.15) is 23.9 Å². The molecule has 2 aromatic heterocycles. The first kappa shape index (κ1) is 16.7. The minimum absolute atomic E-state index is 0.0844. The van der Waals surface area contributed by atoms with Crippen molar-refractivity contribution in [2.24, 2.45) is 10.7 Å². The van der Waals surface area contributed by atoms with Crippen LogP contribution >= 0.6 is 0 Å². The number of aliphatic imine (C=N–C) groups is 1. The average molecular weight is 353 g/mol. The molecule has 8 heteroatoms. The monoisotopic (exact) mass is 353 g/mol. The summed E-state index contributed by atoms with van der Waals surface area (Å²) >= 11 is 0. The molecule has 26 heavy (non-hydrogen) atoms. The summed E-state index contributed by atoms with van der Waals surface area (Å²) in [4.78, 5) is 20.0. The number of piperidine rings is 1. The zero-order valence-electron chi connectivity index (χ0n) is 14.9. The molecule has 0 aromatic carbocycles. The summed E-state index contributed by atoms with van der Waals surface area (Å²) in [5.41, 5.74) is 14.3. The summed E-state index contributed by atoms with van der Waals surface area (Å²) in [6.07, 6.45) is 5.34. The lowest BCUT2D eigenvalue weighted by atomic mass is 9.91. The van der Waals surface area contributed by atoms with Crippen LogP contribution in [0.15, 0.2) is 29.5 Å². The summed E-state index contributed by atoms with van der Waals surface area (Å²) in [7, 11) is 0. The van der Waals surface area contributed by atoms with Crippen molar-refractivity contribution >= 4 is 17.5 Å². The predicted octanol–water partition coefficient (Wildman–Crippen LogP) is 1.25. The third-order valence-corrected chi connectivity index (χ3v) is 4.93. The first-order valence-corrected chi connectivity index (χ1v) is 8.79. The molecule has 136 valence electrons. The van der Waals surface area contributed by atoms with E-state index in [0.717, 1.165) is 43.0 Å². The Morgan fingerprint density at radius 1 is 1.27 bits per heavy atom. The lowest BCUT2D eigenvalue weighted by Gasteiger charge is -2.37. The van der Waals surface area contributed by atoms with Crippen molar-refractivity contribution < 1.29 is 4.74 Å². The molecule has 1 saturated heterocycles. The fourth-order valence-corrected chi connectivity index (χ4v) is 3.16. The van der Waals surface area contributed by atoms with Crippen LogP contribution in [0, 0.1) is 0 Å². The Kier molecular flexibility index (Phi) is 4.20. The molecule has 0 radical (unpaired) electrons. The normalized spacial score (nSPS) is 18.4. The first-order valence-electron chi connectivity index (χ1n) is 8.79. The number of nitrogen functional groups attached to an aromatic ring is 1. The molecule has 2 aromatic rings. The SMILES string of the molecule is CC1(N)CCN(c2cnc3c(n2)CN=C3OCc2cccnc2N)CC1. The highest BCUT2D eigenvalue weighted by Gasteiger charge is 2.28. The van der Waals surface area contributed by atoms with Gasteiger partial charge in [0.2, 0.25) is 5.90 Å². The second-order valence-electron chi connectivity index (χ2n) is 7.12. The van der Waals surface area contributed by atoms with Crippen molar-refractivity contribution in [1.29, 1.82) is 0 Å². The molecule has 8 nitrogen and oxygen atoms in total. The summed E-state index contributed by atoms with van der Waals surface area (Å²) in [5.74, 6) is 1.85. The zero-order chi connectivity index (χ0) is 18.1. The molecule has 0 spiro atoms. The smallest absolute Gasteiger partial charge is 0.238 e. The Hall–Kier alpha value is -2.74. The largest absolute Gasteiger partial charge is 0.471 e. The molecule has 4 N–H and O–H groups in total. The lowest BCUT2D eigenvalue weighted by molar-refractivity contribution is 0.293. The van der Waals surface area contributed by atoms with Crippen molar-refractivity contribution in [3.05, 3.63) is 41.5 Å². The van der Waals surface area contributed by atoms with E-state index in [2.05, 4.69) is 26.8 Å². The van der Waals surface area contributed by atoms with Crippen LogP contribution in [0.5, 0.6) is 0 Å². The van der Waals surface area contributed by atoms with Gasteiger partial charge in [0, 0.05) is 30.4 Å². The number of aromatic nitrogens is 3. The van der Waals surface area contributed by atoms with E-state index in [9.17, 15) is 0 Å². The maximum atomic E-state index is 6.21. The number of rotatable bonds is 3. The second-order valence-corrected chi connectivity index (χ2v) is 7.12. The quantitative estimate of drug-likeness (QED) is 0.853. The number of ether oxygens (including phenoxy) is 1. The molecular weight excluding hydrogens is 330 g/mol. The van der Waals surface area contributed by atoms with Crippen LogP contribution in [-0.2, 0) is 17.9 Å². The Bertz CT molecular complexity index is 839. The molecule has 0 amide bonds. The Balaban J connectivity index is 1.44. The van der Waals surface area contributed by atoms with Crippen LogP contribution in [0.2, 0.25) is 0 Å². The third kappa shape index (κ3) is 3.32. The number of fused-ring (bicyclic) bond motifs is 1. The lowest BCUT2D eigenvalue weighted by Crippen LogP contribution is -2.48. The van der Waals surface area contributed by atoms with Crippen molar-refractivity contribution in [1.82, 2.24) is 15.0 Å². The minimum atomic E-state index is -0.0844. The van der Waals surface area contributed by atoms with Gasteiger partial charge in [-0.2, -0.15) is 0 Å². The summed E-state index contributed by atoms with van der Waals surface area (Å²) in [6, 6.07) is 3.71. The molecule has 2 aliphatic heterocycles. The maximum absolute atomic E-state index is 6.21. The molecule has 0 saturated carbocycles. The first-order chi connectivity index (χ1) is 12.5. The van der Waals surface area contributed by atoms with Gasteiger partial charge in [-0.1, -0.05) is 6.07 Å². The van der Waals surface area contributed by atoms with Crippen LogP contribution in [0.25, 0.3) is 0 Å². The van der Waals surface area contributed by atoms with E-state index in [4.69, 9.17) is 21.2 Å². The van der Waals surface area contributed by atoms with E-state index in [1.54, 1.807) is 12.4 Å². The van der Waals surface area contributed by atoms with Crippen molar-refractivity contribution in [2.75, 3.05) is 23.7 Å². The van der Waals surface area contributed by atoms with Gasteiger partial charge >= 0.3 is 0 Å². The zero-order valence-corrected chi connectivity index (χ0v) is 14.9. The number of anilines is 2. The number of nitrogens with zero attached hydrogens (tertiary/aromatic N) is 5. The molecule has 1 fully saturated rings. The average Bonchev–Trinajstić information content (AvgIpc) is 3.03. The van der Waals surface area contributed by atoms with Gasteiger partial charge < -0.3 is 21.1 Å². The highest BCUT2D eigenvalue weighted by Crippen LogP contribution is 2.25. The van der Waals surface area contributed by atoms with E-state index in [-0.39, 0.29) is 5.54 Å². The van der Waals surface area contributed by atoms with E-state index >= 15 is 0 Å². The summed E-state index contributed by atoms with van der Waals surface area (Å²) in [6.45, 7) is 4.68.